The van der Waals surface area contributed by atoms with Crippen molar-refractivity contribution in [1.82, 2.24) is 5.32 Å². The molecule has 1 rings (SSSR count). The van der Waals surface area contributed by atoms with Gasteiger partial charge in [-0.15, -0.1) is 0 Å². The topological polar surface area (TPSA) is 38.3 Å². The van der Waals surface area contributed by atoms with E-state index < -0.39 is 5.54 Å². The minimum absolute atomic E-state index is 0.0389. The number of hydrogen-bond acceptors (Lipinski definition) is 3. The van der Waals surface area contributed by atoms with Gasteiger partial charge >= 0.3 is 5.97 Å². The highest BCUT2D eigenvalue weighted by Gasteiger charge is 2.42. The van der Waals surface area contributed by atoms with Crippen molar-refractivity contribution in [2.75, 3.05) is 13.2 Å². The smallest absolute Gasteiger partial charge is 0.326 e. The third-order valence-electron chi connectivity index (χ3n) is 4.68. The molecule has 2 atom stereocenters. The van der Waals surface area contributed by atoms with E-state index >= 15 is 0 Å². The molecule has 1 fully saturated rings. The van der Waals surface area contributed by atoms with Crippen molar-refractivity contribution in [2.24, 2.45) is 11.3 Å². The summed E-state index contributed by atoms with van der Waals surface area (Å²) in [4.78, 5) is 12.5. The van der Waals surface area contributed by atoms with Gasteiger partial charge in [0.1, 0.15) is 5.54 Å². The van der Waals surface area contributed by atoms with Crippen LogP contribution in [0.3, 0.4) is 0 Å². The first kappa shape index (κ1) is 17.5. The first-order chi connectivity index (χ1) is 9.35. The Morgan fingerprint density at radius 1 is 1.25 bits per heavy atom. The first-order valence-electron chi connectivity index (χ1n) is 8.28. The van der Waals surface area contributed by atoms with E-state index in [0.29, 0.717) is 17.9 Å². The summed E-state index contributed by atoms with van der Waals surface area (Å²) in [5, 5.41) is 3.51. The quantitative estimate of drug-likeness (QED) is 0.614. The second-order valence-corrected chi connectivity index (χ2v) is 7.22. The van der Waals surface area contributed by atoms with Crippen LogP contribution in [0.1, 0.15) is 73.1 Å². The standard InChI is InChI=1S/C17H33NO2/c1-6-13-18-17(15(19)20-7-2)11-8-9-14(10-12-17)16(3,4)5/h14,18H,6-13H2,1-5H3. The molecule has 0 aromatic carbocycles. The fraction of sp³-hybridized carbons (Fsp3) is 0.941. The molecule has 0 aromatic heterocycles. The Morgan fingerprint density at radius 3 is 2.50 bits per heavy atom. The van der Waals surface area contributed by atoms with Gasteiger partial charge in [-0.05, 0) is 56.9 Å². The summed E-state index contributed by atoms with van der Waals surface area (Å²) in [6.07, 6.45) is 6.31. The van der Waals surface area contributed by atoms with Crippen LogP contribution in [-0.4, -0.2) is 24.7 Å². The monoisotopic (exact) mass is 283 g/mol. The predicted molar refractivity (Wildman–Crippen MR) is 83.7 cm³/mol. The number of rotatable bonds is 5. The lowest BCUT2D eigenvalue weighted by atomic mass is 9.76. The van der Waals surface area contributed by atoms with E-state index in [0.717, 1.165) is 38.6 Å². The molecular formula is C17H33NO2. The van der Waals surface area contributed by atoms with Crippen LogP contribution < -0.4 is 5.32 Å². The molecule has 1 aliphatic rings. The van der Waals surface area contributed by atoms with Crippen LogP contribution in [0.15, 0.2) is 0 Å². The average molecular weight is 283 g/mol. The Hall–Kier alpha value is -0.570. The van der Waals surface area contributed by atoms with Gasteiger partial charge in [-0.2, -0.15) is 0 Å². The van der Waals surface area contributed by atoms with Crippen LogP contribution in [0, 0.1) is 11.3 Å². The van der Waals surface area contributed by atoms with Gasteiger partial charge in [0.15, 0.2) is 0 Å². The van der Waals surface area contributed by atoms with Crippen LogP contribution in [0.2, 0.25) is 0 Å². The molecule has 3 nitrogen and oxygen atoms in total. The Bertz CT molecular complexity index is 309. The summed E-state index contributed by atoms with van der Waals surface area (Å²) in [7, 11) is 0. The van der Waals surface area contributed by atoms with Gasteiger partial charge in [0.05, 0.1) is 6.61 Å². The van der Waals surface area contributed by atoms with Crippen LogP contribution in [0.4, 0.5) is 0 Å². The molecule has 1 aliphatic carbocycles. The molecule has 0 spiro atoms. The van der Waals surface area contributed by atoms with Crippen LogP contribution in [-0.2, 0) is 9.53 Å². The minimum atomic E-state index is -0.438. The van der Waals surface area contributed by atoms with E-state index in [9.17, 15) is 4.79 Å². The maximum Gasteiger partial charge on any atom is 0.326 e. The van der Waals surface area contributed by atoms with Gasteiger partial charge in [0.25, 0.3) is 0 Å². The molecule has 20 heavy (non-hydrogen) atoms. The molecule has 0 saturated heterocycles. The molecule has 1 saturated carbocycles. The number of carbonyl (C=O) groups is 1. The SMILES string of the molecule is CCCNC1(C(=O)OCC)CCCC(C(C)(C)C)CC1. The van der Waals surface area contributed by atoms with Crippen molar-refractivity contribution in [1.29, 1.82) is 0 Å². The summed E-state index contributed by atoms with van der Waals surface area (Å²) in [6.45, 7) is 12.3. The van der Waals surface area contributed by atoms with E-state index in [4.69, 9.17) is 4.74 Å². The van der Waals surface area contributed by atoms with E-state index in [2.05, 4.69) is 33.0 Å². The van der Waals surface area contributed by atoms with Crippen molar-refractivity contribution in [3.05, 3.63) is 0 Å². The highest BCUT2D eigenvalue weighted by Crippen LogP contribution is 2.40. The highest BCUT2D eigenvalue weighted by atomic mass is 16.5. The van der Waals surface area contributed by atoms with E-state index in [1.54, 1.807) is 0 Å². The molecular weight excluding hydrogens is 250 g/mol. The third kappa shape index (κ3) is 4.47. The Kier molecular flexibility index (Phi) is 6.50. The van der Waals surface area contributed by atoms with E-state index in [-0.39, 0.29) is 5.97 Å². The fourth-order valence-electron chi connectivity index (χ4n) is 3.29. The molecule has 0 radical (unpaired) electrons. The maximum absolute atomic E-state index is 12.5. The first-order valence-corrected chi connectivity index (χ1v) is 8.28. The zero-order chi connectivity index (χ0) is 15.2. The van der Waals surface area contributed by atoms with Crippen LogP contribution >= 0.6 is 0 Å². The molecule has 2 unspecified atom stereocenters. The second-order valence-electron chi connectivity index (χ2n) is 7.22. The lowest BCUT2D eigenvalue weighted by Gasteiger charge is -2.33. The second kappa shape index (κ2) is 7.44. The van der Waals surface area contributed by atoms with E-state index in [1.807, 2.05) is 6.92 Å². The Balaban J connectivity index is 2.81. The molecule has 0 bridgehead atoms. The normalized spacial score (nSPS) is 27.9. The summed E-state index contributed by atoms with van der Waals surface area (Å²) >= 11 is 0. The molecule has 1 N–H and O–H groups in total. The van der Waals surface area contributed by atoms with Gasteiger partial charge in [0.2, 0.25) is 0 Å². The van der Waals surface area contributed by atoms with Gasteiger partial charge in [-0.1, -0.05) is 34.1 Å². The fourth-order valence-corrected chi connectivity index (χ4v) is 3.29. The van der Waals surface area contributed by atoms with Gasteiger partial charge in [-0.3, -0.25) is 4.79 Å². The number of carbonyl (C=O) groups excluding carboxylic acids is 1. The molecule has 3 heteroatoms. The van der Waals surface area contributed by atoms with Crippen LogP contribution in [0.25, 0.3) is 0 Å². The number of nitrogens with one attached hydrogen (secondary N) is 1. The molecule has 0 aliphatic heterocycles. The van der Waals surface area contributed by atoms with Gasteiger partial charge in [0, 0.05) is 0 Å². The van der Waals surface area contributed by atoms with Crippen molar-refractivity contribution in [3.63, 3.8) is 0 Å². The minimum Gasteiger partial charge on any atom is -0.465 e. The van der Waals surface area contributed by atoms with Crippen molar-refractivity contribution >= 4 is 5.97 Å². The summed E-state index contributed by atoms with van der Waals surface area (Å²) in [5.74, 6) is 0.658. The molecule has 0 amide bonds. The molecule has 0 heterocycles. The number of ether oxygens (including phenoxy) is 1. The van der Waals surface area contributed by atoms with Crippen molar-refractivity contribution in [3.8, 4) is 0 Å². The predicted octanol–water partition coefficient (Wildman–Crippen LogP) is 3.91. The van der Waals surface area contributed by atoms with Crippen molar-refractivity contribution < 1.29 is 9.53 Å². The zero-order valence-electron chi connectivity index (χ0n) is 14.1. The zero-order valence-corrected chi connectivity index (χ0v) is 14.1. The summed E-state index contributed by atoms with van der Waals surface area (Å²) in [6, 6.07) is 0. The van der Waals surface area contributed by atoms with Gasteiger partial charge in [-0.25, -0.2) is 0 Å². The summed E-state index contributed by atoms with van der Waals surface area (Å²) < 4.78 is 5.36. The van der Waals surface area contributed by atoms with Crippen molar-refractivity contribution in [2.45, 2.75) is 78.7 Å². The summed E-state index contributed by atoms with van der Waals surface area (Å²) in [5.41, 5.74) is -0.110. The number of hydrogen-bond donors (Lipinski definition) is 1. The lowest BCUT2D eigenvalue weighted by Crippen LogP contribution is -2.53. The maximum atomic E-state index is 12.5. The lowest BCUT2D eigenvalue weighted by molar-refractivity contribution is -0.152. The number of esters is 1. The molecule has 0 aromatic rings. The highest BCUT2D eigenvalue weighted by molar-refractivity contribution is 5.80. The average Bonchev–Trinajstić information content (AvgIpc) is 2.59. The molecule has 118 valence electrons. The van der Waals surface area contributed by atoms with Gasteiger partial charge < -0.3 is 10.1 Å². The van der Waals surface area contributed by atoms with E-state index in [1.165, 1.54) is 6.42 Å². The Morgan fingerprint density at radius 2 is 1.95 bits per heavy atom. The third-order valence-corrected chi connectivity index (χ3v) is 4.68. The largest absolute Gasteiger partial charge is 0.465 e. The Labute approximate surface area is 124 Å². The van der Waals surface area contributed by atoms with Crippen LogP contribution in [0.5, 0.6) is 0 Å².